The van der Waals surface area contributed by atoms with E-state index < -0.39 is 33.1 Å². The molecule has 1 rings (SSSR count). The molecule has 1 N–H and O–H groups in total. The molecule has 0 spiro atoms. The highest BCUT2D eigenvalue weighted by Crippen LogP contribution is 2.37. The summed E-state index contributed by atoms with van der Waals surface area (Å²) in [5.41, 5.74) is -1.73. The number of unbranched alkanes of at least 4 members (excludes halogenated alkanes) is 3. The van der Waals surface area contributed by atoms with Gasteiger partial charge in [0.15, 0.2) is 0 Å². The fraction of sp³-hybridized carbons (Fsp3) is 0.500. The Morgan fingerprint density at radius 1 is 1.08 bits per heavy atom. The highest BCUT2D eigenvalue weighted by atomic mass is 16.6. The first-order chi connectivity index (χ1) is 12.3. The van der Waals surface area contributed by atoms with Crippen LogP contribution in [0.2, 0.25) is 0 Å². The first kappa shape index (κ1) is 21.3. The summed E-state index contributed by atoms with van der Waals surface area (Å²) in [7, 11) is 0. The molecule has 26 heavy (non-hydrogen) atoms. The van der Waals surface area contributed by atoms with Crippen molar-refractivity contribution in [2.24, 2.45) is 5.92 Å². The predicted octanol–water partition coefficient (Wildman–Crippen LogP) is 4.23. The Labute approximate surface area is 151 Å². The van der Waals surface area contributed by atoms with Crippen molar-refractivity contribution < 1.29 is 19.7 Å². The third kappa shape index (κ3) is 5.65. The lowest BCUT2D eigenvalue weighted by Gasteiger charge is -2.21. The Bertz CT molecular complexity index is 656. The van der Waals surface area contributed by atoms with E-state index in [0.29, 0.717) is 12.0 Å². The van der Waals surface area contributed by atoms with Gasteiger partial charge in [-0.15, -0.1) is 0 Å². The van der Waals surface area contributed by atoms with E-state index in [9.17, 15) is 30.1 Å². The standard InChI is InChI=1S/C18H24N2O6/c1-3-4-5-7-10-13(2)15(14-11-8-6-9-12-14)16(19(23)24)17(18(21)22)20(25)26/h6,8-9,11-13,15H,3-5,7,10H2,1-2H3,(H,21,22)/b17-16+. The lowest BCUT2D eigenvalue weighted by atomic mass is 9.81. The molecule has 0 saturated heterocycles. The van der Waals surface area contributed by atoms with E-state index in [1.54, 1.807) is 37.3 Å². The second kappa shape index (κ2) is 10.3. The van der Waals surface area contributed by atoms with Gasteiger partial charge in [0.05, 0.1) is 15.8 Å². The zero-order chi connectivity index (χ0) is 19.7. The highest BCUT2D eigenvalue weighted by molar-refractivity contribution is 5.84. The minimum atomic E-state index is -1.90. The highest BCUT2D eigenvalue weighted by Gasteiger charge is 2.43. The number of hydrogen-bond donors (Lipinski definition) is 1. The van der Waals surface area contributed by atoms with Crippen molar-refractivity contribution in [1.82, 2.24) is 0 Å². The van der Waals surface area contributed by atoms with Crippen LogP contribution in [-0.2, 0) is 4.79 Å². The largest absolute Gasteiger partial charge is 0.473 e. The number of rotatable bonds is 11. The van der Waals surface area contributed by atoms with Crippen LogP contribution in [-0.4, -0.2) is 20.9 Å². The first-order valence-electron chi connectivity index (χ1n) is 8.62. The molecule has 0 fully saturated rings. The van der Waals surface area contributed by atoms with E-state index in [1.807, 2.05) is 0 Å². The Balaban J connectivity index is 3.41. The quantitative estimate of drug-likeness (QED) is 0.271. The van der Waals surface area contributed by atoms with Crippen LogP contribution in [0.15, 0.2) is 41.7 Å². The van der Waals surface area contributed by atoms with Crippen LogP contribution < -0.4 is 0 Å². The van der Waals surface area contributed by atoms with Gasteiger partial charge in [-0.05, 0) is 17.9 Å². The van der Waals surface area contributed by atoms with Gasteiger partial charge in [0.25, 0.3) is 0 Å². The van der Waals surface area contributed by atoms with E-state index in [4.69, 9.17) is 0 Å². The number of carboxylic acids is 1. The Morgan fingerprint density at radius 3 is 2.15 bits per heavy atom. The second-order valence-corrected chi connectivity index (χ2v) is 6.27. The average Bonchev–Trinajstić information content (AvgIpc) is 2.58. The van der Waals surface area contributed by atoms with Crippen molar-refractivity contribution in [3.8, 4) is 0 Å². The number of nitrogens with zero attached hydrogens (tertiary/aromatic N) is 2. The third-order valence-electron chi connectivity index (χ3n) is 4.36. The maximum Gasteiger partial charge on any atom is 0.425 e. The zero-order valence-electron chi connectivity index (χ0n) is 15.0. The number of nitro groups is 2. The number of benzene rings is 1. The summed E-state index contributed by atoms with van der Waals surface area (Å²) in [5.74, 6) is -3.19. The zero-order valence-corrected chi connectivity index (χ0v) is 15.0. The van der Waals surface area contributed by atoms with Gasteiger partial charge in [-0.3, -0.25) is 20.2 Å². The molecule has 1 aromatic rings. The van der Waals surface area contributed by atoms with Gasteiger partial charge in [-0.25, -0.2) is 4.79 Å². The molecule has 1 aromatic carbocycles. The number of carboxylic acid groups (broad SMARTS) is 1. The van der Waals surface area contributed by atoms with E-state index in [1.165, 1.54) is 0 Å². The fourth-order valence-corrected chi connectivity index (χ4v) is 3.10. The lowest BCUT2D eigenvalue weighted by molar-refractivity contribution is -0.472. The molecular weight excluding hydrogens is 340 g/mol. The molecule has 0 amide bonds. The lowest BCUT2D eigenvalue weighted by Crippen LogP contribution is -2.25. The number of hydrogen-bond acceptors (Lipinski definition) is 5. The molecule has 0 saturated carbocycles. The maximum atomic E-state index is 11.6. The smallest absolute Gasteiger partial charge is 0.425 e. The molecule has 8 heteroatoms. The summed E-state index contributed by atoms with van der Waals surface area (Å²) in [6, 6.07) is 8.35. The topological polar surface area (TPSA) is 124 Å². The van der Waals surface area contributed by atoms with Crippen LogP contribution >= 0.6 is 0 Å². The molecule has 0 aromatic heterocycles. The van der Waals surface area contributed by atoms with Gasteiger partial charge in [0.1, 0.15) is 0 Å². The van der Waals surface area contributed by atoms with Crippen molar-refractivity contribution >= 4 is 5.97 Å². The molecule has 2 unspecified atom stereocenters. The van der Waals surface area contributed by atoms with Crippen LogP contribution in [0.4, 0.5) is 0 Å². The van der Waals surface area contributed by atoms with Crippen molar-refractivity contribution in [3.05, 3.63) is 67.5 Å². The van der Waals surface area contributed by atoms with Gasteiger partial charge in [0.2, 0.25) is 0 Å². The van der Waals surface area contributed by atoms with Crippen LogP contribution in [0, 0.1) is 26.1 Å². The van der Waals surface area contributed by atoms with Crippen molar-refractivity contribution in [2.45, 2.75) is 51.9 Å². The van der Waals surface area contributed by atoms with E-state index in [2.05, 4.69) is 6.92 Å². The monoisotopic (exact) mass is 364 g/mol. The molecule has 0 aliphatic rings. The minimum absolute atomic E-state index is 0.316. The van der Waals surface area contributed by atoms with Gasteiger partial charge in [-0.2, -0.15) is 0 Å². The molecule has 0 bridgehead atoms. The van der Waals surface area contributed by atoms with Gasteiger partial charge < -0.3 is 5.11 Å². The molecule has 0 aliphatic carbocycles. The first-order valence-corrected chi connectivity index (χ1v) is 8.62. The summed E-state index contributed by atoms with van der Waals surface area (Å²) >= 11 is 0. The van der Waals surface area contributed by atoms with Crippen molar-refractivity contribution in [2.75, 3.05) is 0 Å². The fourth-order valence-electron chi connectivity index (χ4n) is 3.10. The van der Waals surface area contributed by atoms with Crippen LogP contribution in [0.1, 0.15) is 57.4 Å². The Hall–Kier alpha value is -2.77. The van der Waals surface area contributed by atoms with Crippen LogP contribution in [0.25, 0.3) is 0 Å². The molecule has 142 valence electrons. The summed E-state index contributed by atoms with van der Waals surface area (Å²) in [5, 5.41) is 32.0. The molecule has 0 radical (unpaired) electrons. The average molecular weight is 364 g/mol. The summed E-state index contributed by atoms with van der Waals surface area (Å²) < 4.78 is 0. The number of allylic oxidation sites excluding steroid dienone is 1. The molecule has 8 nitrogen and oxygen atoms in total. The van der Waals surface area contributed by atoms with Gasteiger partial charge in [0, 0.05) is 0 Å². The van der Waals surface area contributed by atoms with E-state index in [0.717, 1.165) is 25.7 Å². The molecule has 2 atom stereocenters. The van der Waals surface area contributed by atoms with Crippen LogP contribution in [0.3, 0.4) is 0 Å². The second-order valence-electron chi connectivity index (χ2n) is 6.27. The van der Waals surface area contributed by atoms with Gasteiger partial charge in [-0.1, -0.05) is 69.9 Å². The minimum Gasteiger partial charge on any atom is -0.473 e. The molecule has 0 aliphatic heterocycles. The van der Waals surface area contributed by atoms with E-state index in [-0.39, 0.29) is 5.92 Å². The number of carbonyl (C=O) groups is 1. The van der Waals surface area contributed by atoms with Gasteiger partial charge >= 0.3 is 17.4 Å². The van der Waals surface area contributed by atoms with Crippen molar-refractivity contribution in [1.29, 1.82) is 0 Å². The Morgan fingerprint density at radius 2 is 1.69 bits per heavy atom. The number of aliphatic carboxylic acids is 1. The summed E-state index contributed by atoms with van der Waals surface area (Å²) in [6.07, 6.45) is 4.48. The molecular formula is C18H24N2O6. The summed E-state index contributed by atoms with van der Waals surface area (Å²) in [4.78, 5) is 32.1. The van der Waals surface area contributed by atoms with E-state index >= 15 is 0 Å². The summed E-state index contributed by atoms with van der Waals surface area (Å²) in [6.45, 7) is 3.84. The SMILES string of the molecule is CCCCCCC(C)C(/C(=C(/C(=O)O)[N+](=O)[O-])[N+](=O)[O-])c1ccccc1. The maximum absolute atomic E-state index is 11.6. The van der Waals surface area contributed by atoms with Crippen molar-refractivity contribution in [3.63, 3.8) is 0 Å². The normalized spacial score (nSPS) is 14.2. The van der Waals surface area contributed by atoms with Crippen LogP contribution in [0.5, 0.6) is 0 Å². The third-order valence-corrected chi connectivity index (χ3v) is 4.36. The predicted molar refractivity (Wildman–Crippen MR) is 95.8 cm³/mol. The molecule has 0 heterocycles. The Kier molecular flexibility index (Phi) is 8.41.